The maximum absolute atomic E-state index is 13.7. The highest BCUT2D eigenvalue weighted by molar-refractivity contribution is 14.0. The normalized spacial score (nSPS) is 14.6. The van der Waals surface area contributed by atoms with Crippen LogP contribution in [0.2, 0.25) is 0 Å². The van der Waals surface area contributed by atoms with Gasteiger partial charge in [-0.05, 0) is 37.0 Å². The third-order valence-corrected chi connectivity index (χ3v) is 5.46. The lowest BCUT2D eigenvalue weighted by Gasteiger charge is -2.34. The molecule has 1 aliphatic heterocycles. The zero-order chi connectivity index (χ0) is 21.5. The fraction of sp³-hybridized carbons (Fsp3) is 0.435. The standard InChI is InChI=1S/C23H31FN4O2.HI/c1-16-5-6-17(11-22(16)24)15-26-23(25-2)27-18-7-9-28(10-8-18)19-12-20(29-3)14-21(13-19)30-4;/h5-6,11-14,18H,7-10,15H2,1-4H3,(H2,25,26,27);1H. The van der Waals surface area contributed by atoms with Crippen molar-refractivity contribution in [3.8, 4) is 11.5 Å². The molecule has 3 rings (SSSR count). The van der Waals surface area contributed by atoms with Crippen LogP contribution >= 0.6 is 24.0 Å². The second-order valence-corrected chi connectivity index (χ2v) is 7.49. The number of nitrogens with one attached hydrogen (secondary N) is 2. The largest absolute Gasteiger partial charge is 0.497 e. The highest BCUT2D eigenvalue weighted by Gasteiger charge is 2.21. The average molecular weight is 542 g/mol. The quantitative estimate of drug-likeness (QED) is 0.327. The molecule has 1 aliphatic rings. The molecule has 8 heteroatoms. The van der Waals surface area contributed by atoms with Crippen molar-refractivity contribution in [1.29, 1.82) is 0 Å². The number of aliphatic imine (C=N–C) groups is 1. The monoisotopic (exact) mass is 542 g/mol. The summed E-state index contributed by atoms with van der Waals surface area (Å²) in [4.78, 5) is 6.66. The molecule has 0 bridgehead atoms. The molecule has 0 atom stereocenters. The van der Waals surface area contributed by atoms with Gasteiger partial charge in [0.05, 0.1) is 14.2 Å². The minimum Gasteiger partial charge on any atom is -0.497 e. The van der Waals surface area contributed by atoms with E-state index in [1.165, 1.54) is 0 Å². The number of aryl methyl sites for hydroxylation is 1. The average Bonchev–Trinajstić information content (AvgIpc) is 2.78. The minimum atomic E-state index is -0.182. The second-order valence-electron chi connectivity index (χ2n) is 7.49. The van der Waals surface area contributed by atoms with Gasteiger partial charge in [0.15, 0.2) is 5.96 Å². The Morgan fingerprint density at radius 2 is 1.74 bits per heavy atom. The lowest BCUT2D eigenvalue weighted by molar-refractivity contribution is 0.393. The predicted octanol–water partition coefficient (Wildman–Crippen LogP) is 4.10. The van der Waals surface area contributed by atoms with Gasteiger partial charge in [-0.3, -0.25) is 4.99 Å². The molecule has 2 N–H and O–H groups in total. The fourth-order valence-electron chi connectivity index (χ4n) is 3.58. The van der Waals surface area contributed by atoms with E-state index in [2.05, 4.69) is 20.5 Å². The smallest absolute Gasteiger partial charge is 0.191 e. The van der Waals surface area contributed by atoms with Crippen LogP contribution in [0.15, 0.2) is 41.4 Å². The van der Waals surface area contributed by atoms with E-state index in [4.69, 9.17) is 9.47 Å². The Kier molecular flexibility index (Phi) is 9.67. The summed E-state index contributed by atoms with van der Waals surface area (Å²) in [7, 11) is 5.08. The molecule has 2 aromatic rings. The van der Waals surface area contributed by atoms with Gasteiger partial charge in [0.25, 0.3) is 0 Å². The molecule has 0 unspecified atom stereocenters. The number of ether oxygens (including phenoxy) is 2. The lowest BCUT2D eigenvalue weighted by atomic mass is 10.0. The highest BCUT2D eigenvalue weighted by atomic mass is 127. The predicted molar refractivity (Wildman–Crippen MR) is 135 cm³/mol. The number of hydrogen-bond acceptors (Lipinski definition) is 4. The van der Waals surface area contributed by atoms with E-state index in [0.29, 0.717) is 18.2 Å². The van der Waals surface area contributed by atoms with Gasteiger partial charge in [-0.1, -0.05) is 12.1 Å². The van der Waals surface area contributed by atoms with Gasteiger partial charge in [-0.25, -0.2) is 4.39 Å². The summed E-state index contributed by atoms with van der Waals surface area (Å²) < 4.78 is 24.5. The van der Waals surface area contributed by atoms with Crippen molar-refractivity contribution in [2.45, 2.75) is 32.4 Å². The van der Waals surface area contributed by atoms with Crippen molar-refractivity contribution in [3.63, 3.8) is 0 Å². The molecule has 0 amide bonds. The van der Waals surface area contributed by atoms with Crippen LogP contribution in [-0.4, -0.2) is 46.4 Å². The summed E-state index contributed by atoms with van der Waals surface area (Å²) in [5.41, 5.74) is 2.65. The highest BCUT2D eigenvalue weighted by Crippen LogP contribution is 2.30. The van der Waals surface area contributed by atoms with Crippen LogP contribution in [0, 0.1) is 12.7 Å². The van der Waals surface area contributed by atoms with Crippen LogP contribution in [0.3, 0.4) is 0 Å². The summed E-state index contributed by atoms with van der Waals surface area (Å²) >= 11 is 0. The SMILES string of the molecule is CN=C(NCc1ccc(C)c(F)c1)NC1CCN(c2cc(OC)cc(OC)c2)CC1.I. The van der Waals surface area contributed by atoms with Gasteiger partial charge >= 0.3 is 0 Å². The molecule has 0 radical (unpaired) electrons. The zero-order valence-corrected chi connectivity index (χ0v) is 20.9. The van der Waals surface area contributed by atoms with Crippen molar-refractivity contribution >= 4 is 35.6 Å². The number of piperidine rings is 1. The van der Waals surface area contributed by atoms with Gasteiger partial charge in [0, 0.05) is 56.6 Å². The Balaban J connectivity index is 0.00000341. The zero-order valence-electron chi connectivity index (χ0n) is 18.6. The molecule has 0 saturated carbocycles. The number of benzene rings is 2. The van der Waals surface area contributed by atoms with Gasteiger partial charge in [0.2, 0.25) is 0 Å². The number of rotatable bonds is 6. The lowest BCUT2D eigenvalue weighted by Crippen LogP contribution is -2.48. The van der Waals surface area contributed by atoms with E-state index in [-0.39, 0.29) is 29.8 Å². The van der Waals surface area contributed by atoms with Crippen molar-refractivity contribution in [2.75, 3.05) is 39.3 Å². The Morgan fingerprint density at radius 1 is 1.10 bits per heavy atom. The first-order valence-corrected chi connectivity index (χ1v) is 10.2. The Morgan fingerprint density at radius 3 is 2.29 bits per heavy atom. The number of nitrogens with zero attached hydrogens (tertiary/aromatic N) is 2. The van der Waals surface area contributed by atoms with Crippen LogP contribution in [0.5, 0.6) is 11.5 Å². The summed E-state index contributed by atoms with van der Waals surface area (Å²) in [6.45, 7) is 4.14. The maximum atomic E-state index is 13.7. The molecule has 1 saturated heterocycles. The maximum Gasteiger partial charge on any atom is 0.191 e. The van der Waals surface area contributed by atoms with Crippen LogP contribution in [0.25, 0.3) is 0 Å². The van der Waals surface area contributed by atoms with E-state index < -0.39 is 0 Å². The van der Waals surface area contributed by atoms with E-state index in [1.807, 2.05) is 24.3 Å². The van der Waals surface area contributed by atoms with Crippen molar-refractivity contribution in [1.82, 2.24) is 10.6 Å². The number of anilines is 1. The van der Waals surface area contributed by atoms with Gasteiger partial charge in [-0.2, -0.15) is 0 Å². The van der Waals surface area contributed by atoms with E-state index >= 15 is 0 Å². The molecular weight excluding hydrogens is 510 g/mol. The molecule has 1 heterocycles. The molecule has 6 nitrogen and oxygen atoms in total. The minimum absolute atomic E-state index is 0. The van der Waals surface area contributed by atoms with Gasteiger partial charge in [0.1, 0.15) is 17.3 Å². The number of halogens is 2. The van der Waals surface area contributed by atoms with E-state index in [1.54, 1.807) is 40.3 Å². The van der Waals surface area contributed by atoms with Crippen LogP contribution < -0.4 is 25.0 Å². The third kappa shape index (κ3) is 6.88. The Labute approximate surface area is 201 Å². The third-order valence-electron chi connectivity index (χ3n) is 5.46. The van der Waals surface area contributed by atoms with Crippen molar-refractivity contribution in [3.05, 3.63) is 53.3 Å². The number of methoxy groups -OCH3 is 2. The molecule has 2 aromatic carbocycles. The van der Waals surface area contributed by atoms with Crippen LogP contribution in [0.1, 0.15) is 24.0 Å². The van der Waals surface area contributed by atoms with Gasteiger partial charge in [-0.15, -0.1) is 24.0 Å². The molecule has 0 spiro atoms. The first-order valence-electron chi connectivity index (χ1n) is 10.2. The molecule has 31 heavy (non-hydrogen) atoms. The van der Waals surface area contributed by atoms with Crippen LogP contribution in [0.4, 0.5) is 10.1 Å². The Bertz CT molecular complexity index is 864. The van der Waals surface area contributed by atoms with Crippen molar-refractivity contribution < 1.29 is 13.9 Å². The summed E-state index contributed by atoms with van der Waals surface area (Å²) in [6.07, 6.45) is 1.97. The topological polar surface area (TPSA) is 58.1 Å². The number of guanidine groups is 1. The summed E-state index contributed by atoms with van der Waals surface area (Å²) in [6, 6.07) is 11.6. The van der Waals surface area contributed by atoms with Crippen molar-refractivity contribution in [2.24, 2.45) is 4.99 Å². The molecule has 0 aliphatic carbocycles. The number of hydrogen-bond donors (Lipinski definition) is 2. The molecular formula is C23H32FIN4O2. The first-order chi connectivity index (χ1) is 14.5. The molecule has 1 fully saturated rings. The summed E-state index contributed by atoms with van der Waals surface area (Å²) in [5, 5.41) is 6.77. The fourth-order valence-corrected chi connectivity index (χ4v) is 3.58. The molecule has 170 valence electrons. The molecule has 0 aromatic heterocycles. The van der Waals surface area contributed by atoms with E-state index in [9.17, 15) is 4.39 Å². The Hall–Kier alpha value is -2.23. The van der Waals surface area contributed by atoms with Gasteiger partial charge < -0.3 is 25.0 Å². The van der Waals surface area contributed by atoms with E-state index in [0.717, 1.165) is 54.6 Å². The summed E-state index contributed by atoms with van der Waals surface area (Å²) in [5.74, 6) is 2.14. The second kappa shape index (κ2) is 12.0. The first kappa shape index (κ1) is 25.0. The van der Waals surface area contributed by atoms with Crippen LogP contribution in [-0.2, 0) is 6.54 Å².